The molecule has 0 aliphatic rings. The lowest BCUT2D eigenvalue weighted by molar-refractivity contribution is -0.149. The van der Waals surface area contributed by atoms with Crippen LogP contribution in [-0.4, -0.2) is 46.9 Å². The van der Waals surface area contributed by atoms with Gasteiger partial charge in [0.15, 0.2) is 0 Å². The van der Waals surface area contributed by atoms with Gasteiger partial charge < -0.3 is 15.3 Å². The molecule has 126 valence electrons. The summed E-state index contributed by atoms with van der Waals surface area (Å²) in [5, 5.41) is 11.8. The van der Waals surface area contributed by atoms with E-state index in [1.54, 1.807) is 0 Å². The molecule has 0 aliphatic carbocycles. The van der Waals surface area contributed by atoms with Gasteiger partial charge in [0.2, 0.25) is 11.8 Å². The number of carboxylic acids is 1. The van der Waals surface area contributed by atoms with Crippen molar-refractivity contribution >= 4 is 17.8 Å². The first-order valence-electron chi connectivity index (χ1n) is 7.64. The highest BCUT2D eigenvalue weighted by Gasteiger charge is 2.26. The van der Waals surface area contributed by atoms with E-state index in [0.29, 0.717) is 0 Å². The summed E-state index contributed by atoms with van der Waals surface area (Å²) >= 11 is 0. The fraction of sp³-hybridized carbons (Fsp3) is 0.471. The zero-order valence-electron chi connectivity index (χ0n) is 13.8. The maximum atomic E-state index is 12.5. The second-order valence-corrected chi connectivity index (χ2v) is 5.60. The van der Waals surface area contributed by atoms with Crippen LogP contribution in [0.25, 0.3) is 0 Å². The summed E-state index contributed by atoms with van der Waals surface area (Å²) in [5.41, 5.74) is 1.03. The summed E-state index contributed by atoms with van der Waals surface area (Å²) in [6.45, 7) is 5.20. The van der Waals surface area contributed by atoms with E-state index >= 15 is 0 Å². The van der Waals surface area contributed by atoms with Gasteiger partial charge in [-0.2, -0.15) is 0 Å². The van der Waals surface area contributed by atoms with Gasteiger partial charge >= 0.3 is 5.97 Å². The molecule has 2 unspecified atom stereocenters. The number of hydrogen-bond acceptors (Lipinski definition) is 3. The Kier molecular flexibility index (Phi) is 7.25. The Hall–Kier alpha value is -2.37. The SMILES string of the molecule is CC(=O)NCCN(C(=O)CC(C)c1ccccc1)C(C)C(=O)O. The molecule has 1 aromatic rings. The Balaban J connectivity index is 2.73. The van der Waals surface area contributed by atoms with Crippen molar-refractivity contribution in [3.05, 3.63) is 35.9 Å². The third-order valence-electron chi connectivity index (χ3n) is 3.72. The summed E-state index contributed by atoms with van der Waals surface area (Å²) in [7, 11) is 0. The Morgan fingerprint density at radius 2 is 1.78 bits per heavy atom. The molecule has 0 aliphatic heterocycles. The number of hydrogen-bond donors (Lipinski definition) is 2. The fourth-order valence-electron chi connectivity index (χ4n) is 2.30. The van der Waals surface area contributed by atoms with Crippen LogP contribution in [0.5, 0.6) is 0 Å². The standard InChI is InChI=1S/C17H24N2O4/c1-12(15-7-5-4-6-8-15)11-16(21)19(13(2)17(22)23)10-9-18-14(3)20/h4-8,12-13H,9-11H2,1-3H3,(H,18,20)(H,22,23). The average molecular weight is 320 g/mol. The van der Waals surface area contributed by atoms with Crippen molar-refractivity contribution < 1.29 is 19.5 Å². The van der Waals surface area contributed by atoms with Gasteiger partial charge in [-0.3, -0.25) is 9.59 Å². The number of carbonyl (C=O) groups excluding carboxylic acids is 2. The summed E-state index contributed by atoms with van der Waals surface area (Å²) in [5.74, 6) is -1.51. The van der Waals surface area contributed by atoms with Gasteiger partial charge in [-0.1, -0.05) is 37.3 Å². The molecular formula is C17H24N2O4. The number of carbonyl (C=O) groups is 3. The van der Waals surface area contributed by atoms with Crippen molar-refractivity contribution in [3.63, 3.8) is 0 Å². The van der Waals surface area contributed by atoms with Gasteiger partial charge in [-0.15, -0.1) is 0 Å². The lowest BCUT2D eigenvalue weighted by Gasteiger charge is -2.28. The van der Waals surface area contributed by atoms with Crippen LogP contribution < -0.4 is 5.32 Å². The zero-order chi connectivity index (χ0) is 17.4. The molecule has 0 saturated heterocycles. The van der Waals surface area contributed by atoms with Crippen molar-refractivity contribution in [2.45, 2.75) is 39.2 Å². The number of rotatable bonds is 8. The Morgan fingerprint density at radius 3 is 2.30 bits per heavy atom. The summed E-state index contributed by atoms with van der Waals surface area (Å²) < 4.78 is 0. The topological polar surface area (TPSA) is 86.7 Å². The number of nitrogens with one attached hydrogen (secondary N) is 1. The fourth-order valence-corrected chi connectivity index (χ4v) is 2.30. The molecule has 0 spiro atoms. The second kappa shape index (κ2) is 8.92. The van der Waals surface area contributed by atoms with Gasteiger partial charge in [-0.05, 0) is 18.4 Å². The third-order valence-corrected chi connectivity index (χ3v) is 3.72. The molecule has 0 radical (unpaired) electrons. The van der Waals surface area contributed by atoms with E-state index in [2.05, 4.69) is 5.32 Å². The molecule has 2 N–H and O–H groups in total. The van der Waals surface area contributed by atoms with Crippen LogP contribution in [0.15, 0.2) is 30.3 Å². The van der Waals surface area contributed by atoms with Gasteiger partial charge in [0.05, 0.1) is 0 Å². The van der Waals surface area contributed by atoms with E-state index in [1.165, 1.54) is 18.7 Å². The second-order valence-electron chi connectivity index (χ2n) is 5.60. The largest absolute Gasteiger partial charge is 0.480 e. The summed E-state index contributed by atoms with van der Waals surface area (Å²) in [6.07, 6.45) is 0.224. The minimum Gasteiger partial charge on any atom is -0.480 e. The van der Waals surface area contributed by atoms with Crippen LogP contribution in [0.4, 0.5) is 0 Å². The molecule has 1 aromatic carbocycles. The van der Waals surface area contributed by atoms with E-state index in [-0.39, 0.29) is 37.2 Å². The molecule has 2 atom stereocenters. The normalized spacial score (nSPS) is 13.0. The van der Waals surface area contributed by atoms with Gasteiger partial charge in [0.25, 0.3) is 0 Å². The molecule has 23 heavy (non-hydrogen) atoms. The number of aliphatic carboxylic acids is 1. The van der Waals surface area contributed by atoms with E-state index in [4.69, 9.17) is 0 Å². The van der Waals surface area contributed by atoms with Crippen LogP contribution >= 0.6 is 0 Å². The minimum absolute atomic E-state index is 0.00652. The van der Waals surface area contributed by atoms with Crippen LogP contribution in [-0.2, 0) is 14.4 Å². The highest BCUT2D eigenvalue weighted by Crippen LogP contribution is 2.20. The molecule has 6 nitrogen and oxygen atoms in total. The average Bonchev–Trinajstić information content (AvgIpc) is 2.51. The molecule has 0 heterocycles. The van der Waals surface area contributed by atoms with Crippen molar-refractivity contribution in [2.75, 3.05) is 13.1 Å². The van der Waals surface area contributed by atoms with Gasteiger partial charge in [0, 0.05) is 26.4 Å². The number of carboxylic acid groups (broad SMARTS) is 1. The molecule has 2 amide bonds. The first-order valence-corrected chi connectivity index (χ1v) is 7.64. The lowest BCUT2D eigenvalue weighted by atomic mass is 9.97. The van der Waals surface area contributed by atoms with Crippen molar-refractivity contribution in [1.29, 1.82) is 0 Å². The number of nitrogens with zero attached hydrogens (tertiary/aromatic N) is 1. The minimum atomic E-state index is -1.06. The lowest BCUT2D eigenvalue weighted by Crippen LogP contribution is -2.47. The molecule has 6 heteroatoms. The van der Waals surface area contributed by atoms with Crippen molar-refractivity contribution in [3.8, 4) is 0 Å². The quantitative estimate of drug-likeness (QED) is 0.762. The molecule has 0 saturated carbocycles. The predicted octanol–water partition coefficient (Wildman–Crippen LogP) is 1.62. The molecule has 0 fully saturated rings. The van der Waals surface area contributed by atoms with Crippen LogP contribution in [0.3, 0.4) is 0 Å². The van der Waals surface area contributed by atoms with E-state index in [9.17, 15) is 19.5 Å². The molecule has 0 aromatic heterocycles. The maximum absolute atomic E-state index is 12.5. The van der Waals surface area contributed by atoms with E-state index < -0.39 is 12.0 Å². The first kappa shape index (κ1) is 18.7. The first-order chi connectivity index (χ1) is 10.8. The predicted molar refractivity (Wildman–Crippen MR) is 87.0 cm³/mol. The Morgan fingerprint density at radius 1 is 1.17 bits per heavy atom. The number of amides is 2. The van der Waals surface area contributed by atoms with Crippen LogP contribution in [0.2, 0.25) is 0 Å². The van der Waals surface area contributed by atoms with Crippen LogP contribution in [0, 0.1) is 0 Å². The van der Waals surface area contributed by atoms with E-state index in [1.807, 2.05) is 37.3 Å². The highest BCUT2D eigenvalue weighted by atomic mass is 16.4. The Labute approximate surface area is 136 Å². The van der Waals surface area contributed by atoms with Gasteiger partial charge in [-0.25, -0.2) is 4.79 Å². The summed E-state index contributed by atoms with van der Waals surface area (Å²) in [6, 6.07) is 8.68. The molecule has 0 bridgehead atoms. The van der Waals surface area contributed by atoms with Crippen LogP contribution in [0.1, 0.15) is 38.7 Å². The Bertz CT molecular complexity index is 545. The molecule has 1 rings (SSSR count). The van der Waals surface area contributed by atoms with Gasteiger partial charge in [0.1, 0.15) is 6.04 Å². The monoisotopic (exact) mass is 320 g/mol. The van der Waals surface area contributed by atoms with Crippen molar-refractivity contribution in [1.82, 2.24) is 10.2 Å². The third kappa shape index (κ3) is 6.10. The number of benzene rings is 1. The van der Waals surface area contributed by atoms with Crippen molar-refractivity contribution in [2.24, 2.45) is 0 Å². The maximum Gasteiger partial charge on any atom is 0.326 e. The van der Waals surface area contributed by atoms with E-state index in [0.717, 1.165) is 5.56 Å². The molecular weight excluding hydrogens is 296 g/mol. The zero-order valence-corrected chi connectivity index (χ0v) is 13.8. The highest BCUT2D eigenvalue weighted by molar-refractivity contribution is 5.84. The summed E-state index contributed by atoms with van der Waals surface area (Å²) in [4.78, 5) is 35.9. The smallest absolute Gasteiger partial charge is 0.326 e.